The molecule has 0 saturated carbocycles. The van der Waals surface area contributed by atoms with E-state index in [1.54, 1.807) is 12.1 Å². The fourth-order valence-corrected chi connectivity index (χ4v) is 1.70. The van der Waals surface area contributed by atoms with Crippen LogP contribution in [0.5, 0.6) is 5.75 Å². The highest BCUT2D eigenvalue weighted by atomic mass is 16.3. The molecule has 1 aromatic rings. The summed E-state index contributed by atoms with van der Waals surface area (Å²) in [6.07, 6.45) is 5.54. The van der Waals surface area contributed by atoms with Crippen LogP contribution in [-0.2, 0) is 0 Å². The minimum absolute atomic E-state index is 0.334. The molecule has 1 nitrogen and oxygen atoms in total. The van der Waals surface area contributed by atoms with Crippen molar-refractivity contribution in [2.75, 3.05) is 0 Å². The molecule has 0 aromatic heterocycles. The number of hydrogen-bond acceptors (Lipinski definition) is 1. The molecule has 1 N–H and O–H groups in total. The van der Waals surface area contributed by atoms with Gasteiger partial charge in [0.25, 0.3) is 0 Å². The maximum atomic E-state index is 9.24. The number of hydrogen-bond donors (Lipinski definition) is 1. The lowest BCUT2D eigenvalue weighted by molar-refractivity contribution is 0.474. The van der Waals surface area contributed by atoms with Gasteiger partial charge in [0.05, 0.1) is 0 Å². The van der Waals surface area contributed by atoms with Crippen LogP contribution in [0.3, 0.4) is 0 Å². The molecule has 0 aliphatic carbocycles. The van der Waals surface area contributed by atoms with E-state index < -0.39 is 0 Å². The van der Waals surface area contributed by atoms with E-state index in [-0.39, 0.29) is 0 Å². The molecule has 0 fully saturated rings. The normalized spacial score (nSPS) is 13.6. The van der Waals surface area contributed by atoms with Crippen LogP contribution >= 0.6 is 0 Å². The zero-order valence-corrected chi connectivity index (χ0v) is 9.77. The second-order valence-corrected chi connectivity index (χ2v) is 4.20. The fourth-order valence-electron chi connectivity index (χ4n) is 1.70. The SMILES string of the molecule is CC/C=C/C(c1ccc(O)cc1)C(C)C. The minimum atomic E-state index is 0.334. The number of phenols is 1. The average Bonchev–Trinajstić information content (AvgIpc) is 2.21. The molecule has 15 heavy (non-hydrogen) atoms. The first-order valence-corrected chi connectivity index (χ1v) is 5.60. The van der Waals surface area contributed by atoms with E-state index >= 15 is 0 Å². The van der Waals surface area contributed by atoms with Crippen LogP contribution in [0.4, 0.5) is 0 Å². The zero-order valence-electron chi connectivity index (χ0n) is 9.77. The third-order valence-corrected chi connectivity index (χ3v) is 2.58. The summed E-state index contributed by atoms with van der Waals surface area (Å²) in [6, 6.07) is 7.51. The first-order chi connectivity index (χ1) is 7.15. The Hall–Kier alpha value is -1.24. The molecule has 1 atom stereocenters. The maximum Gasteiger partial charge on any atom is 0.115 e. The van der Waals surface area contributed by atoms with E-state index in [2.05, 4.69) is 32.9 Å². The first kappa shape index (κ1) is 11.8. The van der Waals surface area contributed by atoms with E-state index in [0.29, 0.717) is 17.6 Å². The summed E-state index contributed by atoms with van der Waals surface area (Å²) in [5.74, 6) is 1.36. The monoisotopic (exact) mass is 204 g/mol. The van der Waals surface area contributed by atoms with Crippen molar-refractivity contribution in [2.24, 2.45) is 5.92 Å². The molecule has 1 unspecified atom stereocenters. The molecule has 0 saturated heterocycles. The molecule has 0 amide bonds. The van der Waals surface area contributed by atoms with Gasteiger partial charge < -0.3 is 5.11 Å². The van der Waals surface area contributed by atoms with Crippen molar-refractivity contribution >= 4 is 0 Å². The van der Waals surface area contributed by atoms with E-state index in [0.717, 1.165) is 6.42 Å². The summed E-state index contributed by atoms with van der Waals surface area (Å²) in [5.41, 5.74) is 1.27. The summed E-state index contributed by atoms with van der Waals surface area (Å²) in [6.45, 7) is 6.58. The Kier molecular flexibility index (Phi) is 4.41. The maximum absolute atomic E-state index is 9.24. The van der Waals surface area contributed by atoms with Crippen molar-refractivity contribution in [1.82, 2.24) is 0 Å². The van der Waals surface area contributed by atoms with Crippen molar-refractivity contribution < 1.29 is 5.11 Å². The van der Waals surface area contributed by atoms with Crippen LogP contribution in [-0.4, -0.2) is 5.11 Å². The molecule has 1 heteroatoms. The highest BCUT2D eigenvalue weighted by molar-refractivity contribution is 5.30. The number of aromatic hydroxyl groups is 1. The van der Waals surface area contributed by atoms with Gasteiger partial charge in [-0.3, -0.25) is 0 Å². The number of benzene rings is 1. The smallest absolute Gasteiger partial charge is 0.115 e. The largest absolute Gasteiger partial charge is 0.508 e. The Morgan fingerprint density at radius 1 is 1.20 bits per heavy atom. The summed E-state index contributed by atoms with van der Waals surface area (Å²) in [7, 11) is 0. The Morgan fingerprint density at radius 2 is 1.80 bits per heavy atom. The van der Waals surface area contributed by atoms with E-state index in [4.69, 9.17) is 0 Å². The quantitative estimate of drug-likeness (QED) is 0.732. The Labute approximate surface area is 92.5 Å². The number of rotatable bonds is 4. The van der Waals surface area contributed by atoms with Crippen LogP contribution < -0.4 is 0 Å². The van der Waals surface area contributed by atoms with Gasteiger partial charge in [0.2, 0.25) is 0 Å². The molecular formula is C14H20O. The Morgan fingerprint density at radius 3 is 2.27 bits per heavy atom. The minimum Gasteiger partial charge on any atom is -0.508 e. The van der Waals surface area contributed by atoms with Crippen LogP contribution in [0.1, 0.15) is 38.7 Å². The van der Waals surface area contributed by atoms with Crippen molar-refractivity contribution in [3.63, 3.8) is 0 Å². The topological polar surface area (TPSA) is 20.2 Å². The fraction of sp³-hybridized carbons (Fsp3) is 0.429. The Balaban J connectivity index is 2.89. The van der Waals surface area contributed by atoms with Crippen LogP contribution in [0, 0.1) is 5.92 Å². The number of phenolic OH excluding ortho intramolecular Hbond substituents is 1. The van der Waals surface area contributed by atoms with Crippen molar-refractivity contribution in [1.29, 1.82) is 0 Å². The zero-order chi connectivity index (χ0) is 11.3. The van der Waals surface area contributed by atoms with E-state index in [1.807, 2.05) is 12.1 Å². The van der Waals surface area contributed by atoms with Gasteiger partial charge in [-0.05, 0) is 30.0 Å². The molecule has 0 heterocycles. The Bertz CT molecular complexity index is 309. The van der Waals surface area contributed by atoms with Gasteiger partial charge in [-0.2, -0.15) is 0 Å². The second-order valence-electron chi connectivity index (χ2n) is 4.20. The lowest BCUT2D eigenvalue weighted by atomic mass is 9.88. The summed E-state index contributed by atoms with van der Waals surface area (Å²) < 4.78 is 0. The molecule has 0 aliphatic heterocycles. The highest BCUT2D eigenvalue weighted by Crippen LogP contribution is 2.27. The van der Waals surface area contributed by atoms with Gasteiger partial charge in [0.15, 0.2) is 0 Å². The second kappa shape index (κ2) is 5.59. The molecule has 0 spiro atoms. The van der Waals surface area contributed by atoms with Crippen molar-refractivity contribution in [3.8, 4) is 5.75 Å². The van der Waals surface area contributed by atoms with E-state index in [1.165, 1.54) is 5.56 Å². The third kappa shape index (κ3) is 3.43. The van der Waals surface area contributed by atoms with Gasteiger partial charge in [-0.1, -0.05) is 45.1 Å². The number of allylic oxidation sites excluding steroid dienone is 2. The highest BCUT2D eigenvalue weighted by Gasteiger charge is 2.11. The predicted molar refractivity (Wildman–Crippen MR) is 65.1 cm³/mol. The summed E-state index contributed by atoms with van der Waals surface area (Å²) in [5, 5.41) is 9.24. The molecule has 1 aromatic carbocycles. The lowest BCUT2D eigenvalue weighted by Crippen LogP contribution is -2.03. The summed E-state index contributed by atoms with van der Waals surface area (Å²) >= 11 is 0. The summed E-state index contributed by atoms with van der Waals surface area (Å²) in [4.78, 5) is 0. The lowest BCUT2D eigenvalue weighted by Gasteiger charge is -2.17. The molecule has 0 aliphatic rings. The van der Waals surface area contributed by atoms with Crippen LogP contribution in [0.25, 0.3) is 0 Å². The molecule has 0 radical (unpaired) electrons. The average molecular weight is 204 g/mol. The van der Waals surface area contributed by atoms with Gasteiger partial charge >= 0.3 is 0 Å². The molecule has 0 bridgehead atoms. The third-order valence-electron chi connectivity index (χ3n) is 2.58. The van der Waals surface area contributed by atoms with E-state index in [9.17, 15) is 5.11 Å². The van der Waals surface area contributed by atoms with Crippen molar-refractivity contribution in [2.45, 2.75) is 33.1 Å². The first-order valence-electron chi connectivity index (χ1n) is 5.60. The van der Waals surface area contributed by atoms with Crippen LogP contribution in [0.2, 0.25) is 0 Å². The predicted octanol–water partition coefficient (Wildman–Crippen LogP) is 4.10. The molecule has 1 rings (SSSR count). The molecule has 82 valence electrons. The van der Waals surface area contributed by atoms with Gasteiger partial charge in [0.1, 0.15) is 5.75 Å². The van der Waals surface area contributed by atoms with Gasteiger partial charge in [-0.15, -0.1) is 0 Å². The van der Waals surface area contributed by atoms with Crippen LogP contribution in [0.15, 0.2) is 36.4 Å². The van der Waals surface area contributed by atoms with Crippen molar-refractivity contribution in [3.05, 3.63) is 42.0 Å². The van der Waals surface area contributed by atoms with Gasteiger partial charge in [0, 0.05) is 5.92 Å². The molecular weight excluding hydrogens is 184 g/mol. The standard InChI is InChI=1S/C14H20O/c1-4-5-6-14(11(2)3)12-7-9-13(15)10-8-12/h5-11,14-15H,4H2,1-3H3/b6-5+. The van der Waals surface area contributed by atoms with Gasteiger partial charge in [-0.25, -0.2) is 0 Å².